The normalized spacial score (nSPS) is 14.8. The van der Waals surface area contributed by atoms with Gasteiger partial charge in [-0.1, -0.05) is 36.4 Å². The molecule has 134 valence electrons. The van der Waals surface area contributed by atoms with Gasteiger partial charge in [0.05, 0.1) is 0 Å². The Balaban J connectivity index is 1.65. The van der Waals surface area contributed by atoms with Crippen LogP contribution in [0.3, 0.4) is 0 Å². The van der Waals surface area contributed by atoms with E-state index in [-0.39, 0.29) is 11.5 Å². The molecule has 0 saturated carbocycles. The Morgan fingerprint density at radius 1 is 1.15 bits per heavy atom. The zero-order valence-corrected chi connectivity index (χ0v) is 14.5. The largest absolute Gasteiger partial charge is 0.449 e. The molecule has 0 radical (unpaired) electrons. The smallest absolute Gasteiger partial charge is 0.331 e. The number of aryl methyl sites for hydroxylation is 1. The number of benzene rings is 2. The number of anilines is 1. The molecule has 1 aliphatic heterocycles. The van der Waals surface area contributed by atoms with E-state index in [2.05, 4.69) is 0 Å². The summed E-state index contributed by atoms with van der Waals surface area (Å²) in [5.41, 5.74) is 2.27. The molecule has 0 saturated heterocycles. The maximum atomic E-state index is 13.6. The molecule has 0 bridgehead atoms. The van der Waals surface area contributed by atoms with Crippen LogP contribution in [0, 0.1) is 5.82 Å². The summed E-state index contributed by atoms with van der Waals surface area (Å²) in [5, 5.41) is 0. The summed E-state index contributed by atoms with van der Waals surface area (Å²) in [6, 6.07) is 13.9. The van der Waals surface area contributed by atoms with E-state index in [9.17, 15) is 14.0 Å². The van der Waals surface area contributed by atoms with Gasteiger partial charge in [0.1, 0.15) is 5.82 Å². The highest BCUT2D eigenvalue weighted by molar-refractivity contribution is 5.99. The second-order valence-electron chi connectivity index (χ2n) is 6.16. The lowest BCUT2D eigenvalue weighted by Gasteiger charge is -2.31. The Labute approximate surface area is 151 Å². The molecule has 3 rings (SSSR count). The Morgan fingerprint density at radius 2 is 1.88 bits per heavy atom. The van der Waals surface area contributed by atoms with Crippen LogP contribution in [-0.4, -0.2) is 24.5 Å². The molecule has 2 aromatic carbocycles. The minimum Gasteiger partial charge on any atom is -0.449 e. The fourth-order valence-electron chi connectivity index (χ4n) is 3.01. The minimum absolute atomic E-state index is 0.259. The van der Waals surface area contributed by atoms with Crippen molar-refractivity contribution in [2.24, 2.45) is 0 Å². The van der Waals surface area contributed by atoms with Crippen LogP contribution in [-0.2, 0) is 20.7 Å². The van der Waals surface area contributed by atoms with E-state index in [1.807, 2.05) is 24.3 Å². The first-order valence-corrected chi connectivity index (χ1v) is 8.59. The molecule has 2 aromatic rings. The second kappa shape index (κ2) is 7.95. The first kappa shape index (κ1) is 17.9. The van der Waals surface area contributed by atoms with E-state index < -0.39 is 17.9 Å². The molecule has 0 N–H and O–H groups in total. The molecule has 0 unspecified atom stereocenters. The van der Waals surface area contributed by atoms with E-state index in [0.29, 0.717) is 6.54 Å². The van der Waals surface area contributed by atoms with Crippen LogP contribution in [0.2, 0.25) is 0 Å². The van der Waals surface area contributed by atoms with E-state index in [0.717, 1.165) is 30.2 Å². The first-order chi connectivity index (χ1) is 12.6. The average molecular weight is 353 g/mol. The minimum atomic E-state index is -0.918. The first-order valence-electron chi connectivity index (χ1n) is 8.59. The van der Waals surface area contributed by atoms with Crippen LogP contribution < -0.4 is 4.90 Å². The number of hydrogen-bond acceptors (Lipinski definition) is 3. The van der Waals surface area contributed by atoms with E-state index >= 15 is 0 Å². The fourth-order valence-corrected chi connectivity index (χ4v) is 3.01. The van der Waals surface area contributed by atoms with E-state index in [4.69, 9.17) is 4.74 Å². The lowest BCUT2D eigenvalue weighted by Crippen LogP contribution is -2.42. The number of carbonyl (C=O) groups is 2. The quantitative estimate of drug-likeness (QED) is 0.621. The van der Waals surface area contributed by atoms with Gasteiger partial charge in [0.15, 0.2) is 6.10 Å². The molecular weight excluding hydrogens is 333 g/mol. The number of para-hydroxylation sites is 1. The number of esters is 1. The van der Waals surface area contributed by atoms with Crippen LogP contribution in [0.5, 0.6) is 0 Å². The monoisotopic (exact) mass is 353 g/mol. The maximum absolute atomic E-state index is 13.6. The van der Waals surface area contributed by atoms with Crippen molar-refractivity contribution in [1.29, 1.82) is 0 Å². The Hall–Kier alpha value is -2.95. The summed E-state index contributed by atoms with van der Waals surface area (Å²) in [6.45, 7) is 2.15. The highest BCUT2D eigenvalue weighted by Gasteiger charge is 2.27. The van der Waals surface area contributed by atoms with Crippen LogP contribution in [0.25, 0.3) is 6.08 Å². The van der Waals surface area contributed by atoms with E-state index in [1.54, 1.807) is 30.0 Å². The molecule has 1 aliphatic rings. The van der Waals surface area contributed by atoms with Gasteiger partial charge in [-0.3, -0.25) is 4.79 Å². The molecular formula is C21H20FNO3. The average Bonchev–Trinajstić information content (AvgIpc) is 2.66. The predicted molar refractivity (Wildman–Crippen MR) is 98.1 cm³/mol. The summed E-state index contributed by atoms with van der Waals surface area (Å²) >= 11 is 0. The van der Waals surface area contributed by atoms with Crippen LogP contribution in [0.15, 0.2) is 54.6 Å². The molecule has 1 amide bonds. The third-order valence-electron chi connectivity index (χ3n) is 4.32. The van der Waals surface area contributed by atoms with Gasteiger partial charge in [-0.2, -0.15) is 0 Å². The summed E-state index contributed by atoms with van der Waals surface area (Å²) in [4.78, 5) is 26.3. The van der Waals surface area contributed by atoms with Crippen LogP contribution in [0.1, 0.15) is 24.5 Å². The number of ether oxygens (including phenoxy) is 1. The summed E-state index contributed by atoms with van der Waals surface area (Å²) in [5.74, 6) is -1.37. The zero-order valence-electron chi connectivity index (χ0n) is 14.5. The van der Waals surface area contributed by atoms with Crippen LogP contribution in [0.4, 0.5) is 10.1 Å². The van der Waals surface area contributed by atoms with Crippen molar-refractivity contribution >= 4 is 23.6 Å². The van der Waals surface area contributed by atoms with Crippen molar-refractivity contribution in [3.05, 3.63) is 71.6 Å². The lowest BCUT2D eigenvalue weighted by molar-refractivity contribution is -0.149. The fraction of sp³-hybridized carbons (Fsp3) is 0.238. The van der Waals surface area contributed by atoms with Crippen molar-refractivity contribution in [1.82, 2.24) is 0 Å². The van der Waals surface area contributed by atoms with Gasteiger partial charge in [0, 0.05) is 23.9 Å². The van der Waals surface area contributed by atoms with Gasteiger partial charge < -0.3 is 9.64 Å². The molecule has 0 aromatic heterocycles. The lowest BCUT2D eigenvalue weighted by atomic mass is 10.0. The number of halogens is 1. The molecule has 1 heterocycles. The van der Waals surface area contributed by atoms with Gasteiger partial charge in [-0.25, -0.2) is 9.18 Å². The number of hydrogen-bond donors (Lipinski definition) is 0. The highest BCUT2D eigenvalue weighted by atomic mass is 19.1. The van der Waals surface area contributed by atoms with Gasteiger partial charge in [0.2, 0.25) is 0 Å². The Bertz CT molecular complexity index is 847. The maximum Gasteiger partial charge on any atom is 0.331 e. The Morgan fingerprint density at radius 3 is 2.69 bits per heavy atom. The number of fused-ring (bicyclic) bond motifs is 1. The third kappa shape index (κ3) is 3.99. The highest BCUT2D eigenvalue weighted by Crippen LogP contribution is 2.27. The molecule has 0 fully saturated rings. The van der Waals surface area contributed by atoms with Gasteiger partial charge in [0.25, 0.3) is 5.91 Å². The number of nitrogens with zero attached hydrogens (tertiary/aromatic N) is 1. The molecule has 4 nitrogen and oxygen atoms in total. The SMILES string of the molecule is C[C@H](OC(=O)/C=C/c1ccccc1F)C(=O)N1CCCc2ccccc21. The van der Waals surface area contributed by atoms with Gasteiger partial charge in [-0.05, 0) is 43.5 Å². The second-order valence-corrected chi connectivity index (χ2v) is 6.16. The summed E-state index contributed by atoms with van der Waals surface area (Å²) in [6.07, 6.45) is 3.35. The Kier molecular flexibility index (Phi) is 5.46. The summed E-state index contributed by atoms with van der Waals surface area (Å²) < 4.78 is 18.8. The molecule has 0 spiro atoms. The number of rotatable bonds is 4. The number of carbonyl (C=O) groups excluding carboxylic acids is 2. The summed E-state index contributed by atoms with van der Waals surface area (Å²) in [7, 11) is 0. The van der Waals surface area contributed by atoms with Crippen molar-refractivity contribution < 1.29 is 18.7 Å². The van der Waals surface area contributed by atoms with Crippen molar-refractivity contribution in [2.45, 2.75) is 25.9 Å². The predicted octanol–water partition coefficient (Wildman–Crippen LogP) is 3.75. The molecule has 5 heteroatoms. The number of amides is 1. The molecule has 26 heavy (non-hydrogen) atoms. The zero-order chi connectivity index (χ0) is 18.5. The van der Waals surface area contributed by atoms with Crippen molar-refractivity contribution in [3.63, 3.8) is 0 Å². The third-order valence-corrected chi connectivity index (χ3v) is 4.32. The molecule has 0 aliphatic carbocycles. The van der Waals surface area contributed by atoms with Gasteiger partial charge >= 0.3 is 5.97 Å². The van der Waals surface area contributed by atoms with Crippen molar-refractivity contribution in [2.75, 3.05) is 11.4 Å². The van der Waals surface area contributed by atoms with Gasteiger partial charge in [-0.15, -0.1) is 0 Å². The van der Waals surface area contributed by atoms with E-state index in [1.165, 1.54) is 12.1 Å². The molecule has 1 atom stereocenters. The van der Waals surface area contributed by atoms with Crippen LogP contribution >= 0.6 is 0 Å². The van der Waals surface area contributed by atoms with Crippen molar-refractivity contribution in [3.8, 4) is 0 Å². The topological polar surface area (TPSA) is 46.6 Å². The standard InChI is InChI=1S/C21H20FNO3/c1-15(26-20(24)13-12-16-7-2-4-10-18(16)22)21(25)23-14-6-9-17-8-3-5-11-19(17)23/h2-5,7-8,10-13,15H,6,9,14H2,1H3/b13-12+/t15-/m0/s1.